The fourth-order valence-electron chi connectivity index (χ4n) is 1.38. The summed E-state index contributed by atoms with van der Waals surface area (Å²) >= 11 is 5.95. The Morgan fingerprint density at radius 1 is 1.50 bits per heavy atom. The van der Waals surface area contributed by atoms with Crippen LogP contribution < -0.4 is 4.74 Å². The van der Waals surface area contributed by atoms with Gasteiger partial charge in [-0.1, -0.05) is 17.7 Å². The molecule has 0 aliphatic carbocycles. The summed E-state index contributed by atoms with van der Waals surface area (Å²) in [4.78, 5) is 11.4. The first-order valence-corrected chi connectivity index (χ1v) is 4.88. The third kappa shape index (κ3) is 2.07. The van der Waals surface area contributed by atoms with Gasteiger partial charge in [0.05, 0.1) is 17.2 Å². The lowest BCUT2D eigenvalue weighted by molar-refractivity contribution is 0.101. The minimum Gasteiger partial charge on any atom is -0.492 e. The zero-order chi connectivity index (χ0) is 10.7. The fraction of sp³-hybridized carbons (Fsp3) is 0.364. The van der Waals surface area contributed by atoms with Crippen molar-refractivity contribution in [1.82, 2.24) is 0 Å². The minimum absolute atomic E-state index is 0.0200. The van der Waals surface area contributed by atoms with Crippen LogP contribution in [0.1, 0.15) is 29.8 Å². The van der Waals surface area contributed by atoms with Gasteiger partial charge in [0.15, 0.2) is 5.78 Å². The molecular formula is C11H13ClO2. The van der Waals surface area contributed by atoms with Gasteiger partial charge in [-0.3, -0.25) is 4.79 Å². The number of ketones is 1. The molecule has 0 atom stereocenters. The first-order chi connectivity index (χ1) is 6.57. The van der Waals surface area contributed by atoms with Crippen LogP contribution in [0.15, 0.2) is 12.1 Å². The van der Waals surface area contributed by atoms with Crippen LogP contribution in [0.2, 0.25) is 5.02 Å². The van der Waals surface area contributed by atoms with Crippen molar-refractivity contribution < 1.29 is 9.53 Å². The standard InChI is InChI=1S/C11H13ClO2/c1-4-14-11-9(12)6-5-7(2)10(11)8(3)13/h5-6H,4H2,1-3H3. The summed E-state index contributed by atoms with van der Waals surface area (Å²) < 4.78 is 5.36. The molecule has 0 spiro atoms. The highest BCUT2D eigenvalue weighted by Gasteiger charge is 2.14. The Hall–Kier alpha value is -1.02. The topological polar surface area (TPSA) is 26.3 Å². The third-order valence-electron chi connectivity index (χ3n) is 1.96. The first-order valence-electron chi connectivity index (χ1n) is 4.50. The van der Waals surface area contributed by atoms with Crippen LogP contribution >= 0.6 is 11.6 Å². The van der Waals surface area contributed by atoms with Crippen LogP contribution in [0.3, 0.4) is 0 Å². The molecule has 0 unspecified atom stereocenters. The monoisotopic (exact) mass is 212 g/mol. The Labute approximate surface area is 88.8 Å². The second-order valence-corrected chi connectivity index (χ2v) is 3.46. The lowest BCUT2D eigenvalue weighted by atomic mass is 10.0. The van der Waals surface area contributed by atoms with Crippen molar-refractivity contribution in [2.24, 2.45) is 0 Å². The van der Waals surface area contributed by atoms with Gasteiger partial charge in [-0.2, -0.15) is 0 Å². The van der Waals surface area contributed by atoms with E-state index in [2.05, 4.69) is 0 Å². The van der Waals surface area contributed by atoms with Crippen LogP contribution in [-0.4, -0.2) is 12.4 Å². The van der Waals surface area contributed by atoms with Crippen LogP contribution in [0, 0.1) is 6.92 Å². The summed E-state index contributed by atoms with van der Waals surface area (Å²) in [7, 11) is 0. The summed E-state index contributed by atoms with van der Waals surface area (Å²) in [6.07, 6.45) is 0. The largest absolute Gasteiger partial charge is 0.492 e. The molecule has 1 aromatic rings. The zero-order valence-electron chi connectivity index (χ0n) is 8.56. The first kappa shape index (κ1) is 11.1. The molecule has 0 amide bonds. The van der Waals surface area contributed by atoms with E-state index in [0.717, 1.165) is 5.56 Å². The van der Waals surface area contributed by atoms with E-state index in [4.69, 9.17) is 16.3 Å². The highest BCUT2D eigenvalue weighted by Crippen LogP contribution is 2.31. The number of ether oxygens (including phenoxy) is 1. The number of hydrogen-bond donors (Lipinski definition) is 0. The van der Waals surface area contributed by atoms with Gasteiger partial charge in [0.25, 0.3) is 0 Å². The summed E-state index contributed by atoms with van der Waals surface area (Å²) in [5.74, 6) is 0.482. The highest BCUT2D eigenvalue weighted by molar-refractivity contribution is 6.32. The van der Waals surface area contributed by atoms with Gasteiger partial charge in [0.2, 0.25) is 0 Å². The van der Waals surface area contributed by atoms with E-state index in [1.807, 2.05) is 19.9 Å². The number of carbonyl (C=O) groups excluding carboxylic acids is 1. The molecule has 3 heteroatoms. The maximum absolute atomic E-state index is 11.4. The van der Waals surface area contributed by atoms with E-state index in [1.54, 1.807) is 6.07 Å². The molecular weight excluding hydrogens is 200 g/mol. The van der Waals surface area contributed by atoms with E-state index >= 15 is 0 Å². The second-order valence-electron chi connectivity index (χ2n) is 3.06. The Balaban J connectivity index is 3.33. The number of halogens is 1. The van der Waals surface area contributed by atoms with E-state index in [1.165, 1.54) is 6.92 Å². The minimum atomic E-state index is -0.0200. The lowest BCUT2D eigenvalue weighted by Gasteiger charge is -2.11. The molecule has 0 radical (unpaired) electrons. The van der Waals surface area contributed by atoms with Crippen molar-refractivity contribution in [1.29, 1.82) is 0 Å². The van der Waals surface area contributed by atoms with Crippen molar-refractivity contribution in [3.05, 3.63) is 28.3 Å². The van der Waals surface area contributed by atoms with Gasteiger partial charge < -0.3 is 4.74 Å². The number of hydrogen-bond acceptors (Lipinski definition) is 2. The highest BCUT2D eigenvalue weighted by atomic mass is 35.5. The molecule has 0 aliphatic heterocycles. The van der Waals surface area contributed by atoms with Gasteiger partial charge in [0, 0.05) is 0 Å². The summed E-state index contributed by atoms with van der Waals surface area (Å²) in [5.41, 5.74) is 1.48. The van der Waals surface area contributed by atoms with Crippen LogP contribution in [0.4, 0.5) is 0 Å². The Morgan fingerprint density at radius 2 is 2.14 bits per heavy atom. The van der Waals surface area contributed by atoms with Gasteiger partial charge in [0.1, 0.15) is 5.75 Å². The molecule has 1 rings (SSSR count). The van der Waals surface area contributed by atoms with Crippen molar-refractivity contribution >= 4 is 17.4 Å². The molecule has 0 fully saturated rings. The summed E-state index contributed by atoms with van der Waals surface area (Å²) in [5, 5.41) is 0.489. The molecule has 0 saturated carbocycles. The van der Waals surface area contributed by atoms with Gasteiger partial charge in [-0.05, 0) is 32.4 Å². The molecule has 2 nitrogen and oxygen atoms in total. The van der Waals surface area contributed by atoms with E-state index in [9.17, 15) is 4.79 Å². The molecule has 0 bridgehead atoms. The number of rotatable bonds is 3. The van der Waals surface area contributed by atoms with Crippen molar-refractivity contribution in [3.8, 4) is 5.75 Å². The van der Waals surface area contributed by atoms with E-state index in [0.29, 0.717) is 22.9 Å². The molecule has 0 aromatic heterocycles. The predicted molar refractivity (Wildman–Crippen MR) is 57.4 cm³/mol. The Bertz CT molecular complexity index is 359. The maximum atomic E-state index is 11.4. The number of aryl methyl sites for hydroxylation is 1. The normalized spacial score (nSPS) is 10.0. The zero-order valence-corrected chi connectivity index (χ0v) is 9.31. The number of carbonyl (C=O) groups is 1. The van der Waals surface area contributed by atoms with Gasteiger partial charge in [-0.15, -0.1) is 0 Å². The average Bonchev–Trinajstić information content (AvgIpc) is 2.11. The third-order valence-corrected chi connectivity index (χ3v) is 2.26. The van der Waals surface area contributed by atoms with Gasteiger partial charge in [-0.25, -0.2) is 0 Å². The van der Waals surface area contributed by atoms with E-state index in [-0.39, 0.29) is 5.78 Å². The molecule has 0 aliphatic rings. The lowest BCUT2D eigenvalue weighted by Crippen LogP contribution is -2.03. The fourth-order valence-corrected chi connectivity index (χ4v) is 1.59. The molecule has 0 N–H and O–H groups in total. The van der Waals surface area contributed by atoms with Crippen LogP contribution in [-0.2, 0) is 0 Å². The molecule has 1 aromatic carbocycles. The smallest absolute Gasteiger partial charge is 0.163 e. The summed E-state index contributed by atoms with van der Waals surface area (Å²) in [6.45, 7) is 5.75. The molecule has 76 valence electrons. The second kappa shape index (κ2) is 4.47. The number of benzene rings is 1. The predicted octanol–water partition coefficient (Wildman–Crippen LogP) is 3.25. The Morgan fingerprint density at radius 3 is 2.64 bits per heavy atom. The van der Waals surface area contributed by atoms with Crippen molar-refractivity contribution in [2.75, 3.05) is 6.61 Å². The maximum Gasteiger partial charge on any atom is 0.163 e. The van der Waals surface area contributed by atoms with Gasteiger partial charge >= 0.3 is 0 Å². The van der Waals surface area contributed by atoms with Crippen LogP contribution in [0.25, 0.3) is 0 Å². The van der Waals surface area contributed by atoms with Crippen molar-refractivity contribution in [2.45, 2.75) is 20.8 Å². The van der Waals surface area contributed by atoms with Crippen molar-refractivity contribution in [3.63, 3.8) is 0 Å². The van der Waals surface area contributed by atoms with Crippen LogP contribution in [0.5, 0.6) is 5.75 Å². The molecule has 0 heterocycles. The van der Waals surface area contributed by atoms with E-state index < -0.39 is 0 Å². The number of Topliss-reactive ketones (excluding diaryl/α,β-unsaturated/α-hetero) is 1. The SMILES string of the molecule is CCOc1c(Cl)ccc(C)c1C(C)=O. The quantitative estimate of drug-likeness (QED) is 0.719. The average molecular weight is 213 g/mol. The summed E-state index contributed by atoms with van der Waals surface area (Å²) in [6, 6.07) is 3.57. The molecule has 14 heavy (non-hydrogen) atoms. The molecule has 0 saturated heterocycles. The Kier molecular flexibility index (Phi) is 3.53.